The van der Waals surface area contributed by atoms with Crippen LogP contribution < -0.4 is 0 Å². The maximum atomic E-state index is 10.4. The summed E-state index contributed by atoms with van der Waals surface area (Å²) in [7, 11) is 0. The zero-order chi connectivity index (χ0) is 9.61. The largest absolute Gasteiger partial charge is 0.466 e. The van der Waals surface area contributed by atoms with Gasteiger partial charge in [0.05, 0.1) is 6.61 Å². The van der Waals surface area contributed by atoms with Gasteiger partial charge in [0, 0.05) is 6.92 Å². The van der Waals surface area contributed by atoms with Gasteiger partial charge in [0.2, 0.25) is 0 Å². The summed E-state index contributed by atoms with van der Waals surface area (Å²) in [5, 5.41) is 0. The highest BCUT2D eigenvalue weighted by Crippen LogP contribution is 2.25. The quantitative estimate of drug-likeness (QED) is 0.471. The molecule has 0 N–H and O–H groups in total. The molecule has 0 aromatic rings. The van der Waals surface area contributed by atoms with Crippen LogP contribution in [0.4, 0.5) is 0 Å². The molecule has 0 heterocycles. The molecule has 0 unspecified atom stereocenters. The minimum absolute atomic E-state index is 0.177. The summed E-state index contributed by atoms with van der Waals surface area (Å²) in [4.78, 5) is 10.4. The predicted molar refractivity (Wildman–Crippen MR) is 49.9 cm³/mol. The lowest BCUT2D eigenvalue weighted by atomic mass is 9.85. The molecule has 0 amide bonds. The van der Waals surface area contributed by atoms with Crippen LogP contribution in [-0.4, -0.2) is 12.6 Å². The van der Waals surface area contributed by atoms with E-state index in [9.17, 15) is 4.79 Å². The second-order valence-corrected chi connectivity index (χ2v) is 3.96. The molecule has 0 spiro atoms. The molecule has 72 valence electrons. The number of carbonyl (C=O) groups is 1. The summed E-state index contributed by atoms with van der Waals surface area (Å²) in [5.41, 5.74) is 0.389. The van der Waals surface area contributed by atoms with Crippen molar-refractivity contribution >= 4 is 5.97 Å². The number of hydrogen-bond donors (Lipinski definition) is 0. The standard InChI is InChI=1S/C10H20O2/c1-5-10(3,4)7-6-8-12-9(2)11/h5-8H2,1-4H3. The molecule has 12 heavy (non-hydrogen) atoms. The maximum Gasteiger partial charge on any atom is 0.302 e. The molecular formula is C10H20O2. The molecule has 0 atom stereocenters. The van der Waals surface area contributed by atoms with Gasteiger partial charge in [0.1, 0.15) is 0 Å². The summed E-state index contributed by atoms with van der Waals surface area (Å²) in [5.74, 6) is -0.177. The van der Waals surface area contributed by atoms with Gasteiger partial charge in [-0.25, -0.2) is 0 Å². The smallest absolute Gasteiger partial charge is 0.302 e. The Morgan fingerprint density at radius 2 is 2.00 bits per heavy atom. The van der Waals surface area contributed by atoms with E-state index in [1.54, 1.807) is 0 Å². The minimum atomic E-state index is -0.177. The van der Waals surface area contributed by atoms with Crippen LogP contribution in [0, 0.1) is 5.41 Å². The Bertz CT molecular complexity index is 139. The van der Waals surface area contributed by atoms with E-state index < -0.39 is 0 Å². The van der Waals surface area contributed by atoms with Gasteiger partial charge in [0.25, 0.3) is 0 Å². The van der Waals surface area contributed by atoms with Crippen molar-refractivity contribution in [2.75, 3.05) is 6.61 Å². The van der Waals surface area contributed by atoms with E-state index >= 15 is 0 Å². The molecule has 0 aliphatic rings. The van der Waals surface area contributed by atoms with Crippen molar-refractivity contribution in [2.45, 2.75) is 47.0 Å². The van der Waals surface area contributed by atoms with Crippen LogP contribution in [0.25, 0.3) is 0 Å². The van der Waals surface area contributed by atoms with Gasteiger partial charge in [-0.15, -0.1) is 0 Å². The van der Waals surface area contributed by atoms with Crippen LogP contribution in [0.1, 0.15) is 47.0 Å². The Labute approximate surface area is 75.3 Å². The molecule has 0 aliphatic heterocycles. The molecule has 0 saturated heterocycles. The summed E-state index contributed by atoms with van der Waals surface area (Å²) >= 11 is 0. The normalized spacial score (nSPS) is 11.3. The highest BCUT2D eigenvalue weighted by atomic mass is 16.5. The van der Waals surface area contributed by atoms with Crippen LogP contribution >= 0.6 is 0 Å². The molecule has 0 radical (unpaired) electrons. The SMILES string of the molecule is CCC(C)(C)CCCOC(C)=O. The van der Waals surface area contributed by atoms with Crippen molar-refractivity contribution in [1.29, 1.82) is 0 Å². The first-order chi connectivity index (χ1) is 5.48. The molecule has 2 nitrogen and oxygen atoms in total. The number of hydrogen-bond acceptors (Lipinski definition) is 2. The van der Waals surface area contributed by atoms with Crippen LogP contribution in [0.5, 0.6) is 0 Å². The Hall–Kier alpha value is -0.530. The summed E-state index contributed by atoms with van der Waals surface area (Å²) < 4.78 is 4.84. The van der Waals surface area contributed by atoms with Crippen molar-refractivity contribution in [3.63, 3.8) is 0 Å². The van der Waals surface area contributed by atoms with Crippen LogP contribution in [0.15, 0.2) is 0 Å². The molecule has 0 bridgehead atoms. The van der Waals surface area contributed by atoms with E-state index in [0.717, 1.165) is 12.8 Å². The van der Waals surface area contributed by atoms with Gasteiger partial charge in [-0.1, -0.05) is 27.2 Å². The van der Waals surface area contributed by atoms with E-state index in [1.807, 2.05) is 0 Å². The summed E-state index contributed by atoms with van der Waals surface area (Å²) in [6.07, 6.45) is 3.27. The monoisotopic (exact) mass is 172 g/mol. The second kappa shape index (κ2) is 5.18. The van der Waals surface area contributed by atoms with Gasteiger partial charge in [-0.3, -0.25) is 4.79 Å². The Morgan fingerprint density at radius 3 is 2.42 bits per heavy atom. The van der Waals surface area contributed by atoms with Gasteiger partial charge in [-0.05, 0) is 18.3 Å². The number of rotatable bonds is 5. The van der Waals surface area contributed by atoms with Crippen molar-refractivity contribution in [3.05, 3.63) is 0 Å². The van der Waals surface area contributed by atoms with Crippen LogP contribution in [-0.2, 0) is 9.53 Å². The van der Waals surface area contributed by atoms with E-state index in [-0.39, 0.29) is 5.97 Å². The van der Waals surface area contributed by atoms with Crippen molar-refractivity contribution in [1.82, 2.24) is 0 Å². The minimum Gasteiger partial charge on any atom is -0.466 e. The third kappa shape index (κ3) is 6.20. The fourth-order valence-corrected chi connectivity index (χ4v) is 0.943. The lowest BCUT2D eigenvalue weighted by Crippen LogP contribution is -2.11. The molecular weight excluding hydrogens is 152 g/mol. The first-order valence-corrected chi connectivity index (χ1v) is 4.61. The molecule has 2 heteroatoms. The van der Waals surface area contributed by atoms with E-state index in [4.69, 9.17) is 4.74 Å². The first kappa shape index (κ1) is 11.5. The van der Waals surface area contributed by atoms with Gasteiger partial charge < -0.3 is 4.74 Å². The molecule has 0 saturated carbocycles. The average Bonchev–Trinajstić information content (AvgIpc) is 1.98. The topological polar surface area (TPSA) is 26.3 Å². The number of esters is 1. The Kier molecular flexibility index (Phi) is 4.95. The van der Waals surface area contributed by atoms with E-state index in [2.05, 4.69) is 20.8 Å². The third-order valence-electron chi connectivity index (χ3n) is 2.26. The highest BCUT2D eigenvalue weighted by molar-refractivity contribution is 5.65. The van der Waals surface area contributed by atoms with Crippen molar-refractivity contribution < 1.29 is 9.53 Å². The number of carbonyl (C=O) groups excluding carboxylic acids is 1. The zero-order valence-electron chi connectivity index (χ0n) is 8.64. The third-order valence-corrected chi connectivity index (χ3v) is 2.26. The summed E-state index contributed by atoms with van der Waals surface area (Å²) in [6, 6.07) is 0. The second-order valence-electron chi connectivity index (χ2n) is 3.96. The fourth-order valence-electron chi connectivity index (χ4n) is 0.943. The molecule has 0 aromatic carbocycles. The van der Waals surface area contributed by atoms with Gasteiger partial charge >= 0.3 is 5.97 Å². The van der Waals surface area contributed by atoms with E-state index in [1.165, 1.54) is 13.3 Å². The van der Waals surface area contributed by atoms with Crippen molar-refractivity contribution in [3.8, 4) is 0 Å². The molecule has 0 fully saturated rings. The van der Waals surface area contributed by atoms with Crippen LogP contribution in [0.3, 0.4) is 0 Å². The maximum absolute atomic E-state index is 10.4. The Balaban J connectivity index is 3.37. The Morgan fingerprint density at radius 1 is 1.42 bits per heavy atom. The van der Waals surface area contributed by atoms with Crippen LogP contribution in [0.2, 0.25) is 0 Å². The molecule has 0 aliphatic carbocycles. The average molecular weight is 172 g/mol. The van der Waals surface area contributed by atoms with Crippen molar-refractivity contribution in [2.24, 2.45) is 5.41 Å². The van der Waals surface area contributed by atoms with Gasteiger partial charge in [-0.2, -0.15) is 0 Å². The van der Waals surface area contributed by atoms with Gasteiger partial charge in [0.15, 0.2) is 0 Å². The lowest BCUT2D eigenvalue weighted by molar-refractivity contribution is -0.141. The van der Waals surface area contributed by atoms with E-state index in [0.29, 0.717) is 12.0 Å². The predicted octanol–water partition coefficient (Wildman–Crippen LogP) is 2.77. The highest BCUT2D eigenvalue weighted by Gasteiger charge is 2.13. The zero-order valence-corrected chi connectivity index (χ0v) is 8.64. The lowest BCUT2D eigenvalue weighted by Gasteiger charge is -2.21. The fraction of sp³-hybridized carbons (Fsp3) is 0.900. The number of ether oxygens (including phenoxy) is 1. The first-order valence-electron chi connectivity index (χ1n) is 4.61. The summed E-state index contributed by atoms with van der Waals surface area (Å²) in [6.45, 7) is 8.68. The molecule has 0 rings (SSSR count). The molecule has 0 aromatic heterocycles.